The Morgan fingerprint density at radius 1 is 0.329 bits per heavy atom. The van der Waals surface area contributed by atoms with Crippen molar-refractivity contribution in [1.29, 1.82) is 5.26 Å². The van der Waals surface area contributed by atoms with Crippen LogP contribution in [0.25, 0.3) is 38.2 Å². The van der Waals surface area contributed by atoms with Crippen molar-refractivity contribution in [2.24, 2.45) is 0 Å². The number of rotatable bonds is 6. The van der Waals surface area contributed by atoms with Gasteiger partial charge in [-0.3, -0.25) is 0 Å². The fraction of sp³-hybridized carbons (Fsp3) is 0.0303. The highest BCUT2D eigenvalue weighted by Crippen LogP contribution is 2.75. The molecule has 4 aliphatic carbocycles. The summed E-state index contributed by atoms with van der Waals surface area (Å²) in [5, 5.41) is 10.1. The van der Waals surface area contributed by atoms with Crippen molar-refractivity contribution >= 4 is 51.0 Å². The maximum atomic E-state index is 10.1. The molecule has 0 aliphatic heterocycles. The van der Waals surface area contributed by atoms with Gasteiger partial charge in [-0.1, -0.05) is 164 Å². The lowest BCUT2D eigenvalue weighted by Gasteiger charge is -2.36. The molecule has 4 heteroatoms. The normalized spacial score (nSPS) is 14.1. The molecule has 0 fully saturated rings. The van der Waals surface area contributed by atoms with Crippen LogP contribution in [0.2, 0.25) is 0 Å². The van der Waals surface area contributed by atoms with Crippen LogP contribution in [0.4, 0.5) is 39.8 Å². The van der Waals surface area contributed by atoms with Gasteiger partial charge in [-0.25, -0.2) is 4.85 Å². The predicted molar refractivity (Wildman–Crippen MR) is 284 cm³/mol. The van der Waals surface area contributed by atoms with Gasteiger partial charge in [-0.2, -0.15) is 5.26 Å². The molecule has 0 aromatic heterocycles. The Kier molecular flexibility index (Phi) is 8.51. The number of para-hydroxylation sites is 2. The van der Waals surface area contributed by atoms with Crippen molar-refractivity contribution < 1.29 is 0 Å². The minimum Gasteiger partial charge on any atom is -0.312 e. The van der Waals surface area contributed by atoms with Crippen LogP contribution in [-0.4, -0.2) is 0 Å². The molecule has 0 saturated carbocycles. The smallest absolute Gasteiger partial charge is 0.189 e. The van der Waals surface area contributed by atoms with Crippen molar-refractivity contribution in [3.05, 3.63) is 304 Å². The third-order valence-electron chi connectivity index (χ3n) is 15.3. The summed E-state index contributed by atoms with van der Waals surface area (Å²) in [4.78, 5) is 8.46. The van der Waals surface area contributed by atoms with Crippen LogP contribution < -0.4 is 9.80 Å². The van der Waals surface area contributed by atoms with Gasteiger partial charge in [0.2, 0.25) is 0 Å². The Hall–Kier alpha value is -9.48. The number of hydrogen-bond acceptors (Lipinski definition) is 3. The van der Waals surface area contributed by atoms with E-state index in [9.17, 15) is 5.26 Å². The lowest BCUT2D eigenvalue weighted by atomic mass is 9.66. The predicted octanol–water partition coefficient (Wildman–Crippen LogP) is 16.6. The molecule has 4 aliphatic rings. The van der Waals surface area contributed by atoms with E-state index in [4.69, 9.17) is 6.57 Å². The summed E-state index contributed by atoms with van der Waals surface area (Å²) in [5.41, 5.74) is 23.3. The standard InChI is InChI=1S/C66H40N4/c1-68-44-19-17-25-48(39-44)70(46-22-6-3-7-23-46)50-35-37-56-62(41-50)66(59-32-14-10-28-53(59)54-29-11-15-33-60(54)66)63-55-36-34-49(69(45-20-4-2-5-21-45)47-24-16-18-43(38-47)42-67)40-61(55)65(64(56)63)57-30-12-8-26-51(57)52-27-9-13-31-58(52)65/h2-41H. The first-order chi connectivity index (χ1) is 34.6. The molecule has 0 unspecified atom stereocenters. The van der Waals surface area contributed by atoms with Crippen molar-refractivity contribution in [1.82, 2.24) is 0 Å². The summed E-state index contributed by atoms with van der Waals surface area (Å²) in [5.74, 6) is 0. The molecule has 0 radical (unpaired) electrons. The van der Waals surface area contributed by atoms with E-state index in [2.05, 4.69) is 227 Å². The molecule has 324 valence electrons. The monoisotopic (exact) mass is 888 g/mol. The summed E-state index contributed by atoms with van der Waals surface area (Å²) in [6.45, 7) is 7.98. The largest absolute Gasteiger partial charge is 0.312 e. The second kappa shape index (κ2) is 15.0. The molecule has 14 rings (SSSR count). The van der Waals surface area contributed by atoms with Crippen LogP contribution in [0.5, 0.6) is 0 Å². The zero-order chi connectivity index (χ0) is 46.6. The molecule has 0 heterocycles. The second-order valence-corrected chi connectivity index (χ2v) is 18.5. The van der Waals surface area contributed by atoms with Crippen LogP contribution in [-0.2, 0) is 10.8 Å². The van der Waals surface area contributed by atoms with Gasteiger partial charge in [0.25, 0.3) is 0 Å². The highest BCUT2D eigenvalue weighted by Gasteiger charge is 2.63. The minimum absolute atomic E-state index is 0.593. The maximum absolute atomic E-state index is 10.1. The first-order valence-corrected chi connectivity index (χ1v) is 23.8. The first kappa shape index (κ1) is 39.7. The molecule has 0 saturated heterocycles. The third-order valence-corrected chi connectivity index (χ3v) is 15.3. The molecule has 0 N–H and O–H groups in total. The molecule has 0 amide bonds. The number of anilines is 6. The maximum Gasteiger partial charge on any atom is 0.189 e. The van der Waals surface area contributed by atoms with E-state index in [1.807, 2.05) is 36.4 Å². The molecular formula is C66H40N4. The van der Waals surface area contributed by atoms with Gasteiger partial charge < -0.3 is 9.80 Å². The molecular weight excluding hydrogens is 849 g/mol. The number of benzene rings is 10. The van der Waals surface area contributed by atoms with Crippen LogP contribution in [0.15, 0.2) is 243 Å². The highest BCUT2D eigenvalue weighted by molar-refractivity contribution is 6.20. The van der Waals surface area contributed by atoms with Crippen molar-refractivity contribution in [3.8, 4) is 28.3 Å². The highest BCUT2D eigenvalue weighted by atomic mass is 15.1. The van der Waals surface area contributed by atoms with E-state index in [1.165, 1.54) is 77.9 Å². The second-order valence-electron chi connectivity index (χ2n) is 18.5. The molecule has 2 spiro atoms. The summed E-state index contributed by atoms with van der Waals surface area (Å²) in [6, 6.07) is 89.8. The third kappa shape index (κ3) is 5.22. The van der Waals surface area contributed by atoms with E-state index < -0.39 is 10.8 Å². The van der Waals surface area contributed by atoms with E-state index in [1.54, 1.807) is 0 Å². The molecule has 4 nitrogen and oxygen atoms in total. The van der Waals surface area contributed by atoms with Gasteiger partial charge in [0.1, 0.15) is 0 Å². The SMILES string of the molecule is [C-]#[N+]c1cccc(N(c2ccccc2)c2ccc3c(c2)C2(C4=C3C3(c5cc(N(c6ccccc6)c6cccc(C#N)c6)ccc54)c4ccccc4-c4ccccc43)c3ccccc3-c3ccccc32)c1. The topological polar surface area (TPSA) is 34.6 Å². The van der Waals surface area contributed by atoms with Crippen LogP contribution in [0.3, 0.4) is 0 Å². The zero-order valence-corrected chi connectivity index (χ0v) is 37.9. The Morgan fingerprint density at radius 2 is 0.700 bits per heavy atom. The van der Waals surface area contributed by atoms with Crippen molar-refractivity contribution in [3.63, 3.8) is 0 Å². The van der Waals surface area contributed by atoms with E-state index in [0.29, 0.717) is 11.3 Å². The molecule has 0 bridgehead atoms. The first-order valence-electron chi connectivity index (χ1n) is 23.8. The quantitative estimate of drug-likeness (QED) is 0.156. The van der Waals surface area contributed by atoms with Gasteiger partial charge in [0, 0.05) is 34.1 Å². The fourth-order valence-electron chi connectivity index (χ4n) is 12.8. The summed E-state index contributed by atoms with van der Waals surface area (Å²) in [7, 11) is 0. The Morgan fingerprint density at radius 3 is 1.13 bits per heavy atom. The Balaban J connectivity index is 1.12. The number of hydrogen-bond donors (Lipinski definition) is 0. The summed E-state index contributed by atoms with van der Waals surface area (Å²) in [6.07, 6.45) is 0. The lowest BCUT2D eigenvalue weighted by molar-refractivity contribution is 0.826. The van der Waals surface area contributed by atoms with E-state index in [0.717, 1.165) is 34.1 Å². The molecule has 70 heavy (non-hydrogen) atoms. The number of fused-ring (bicyclic) bond motifs is 18. The van der Waals surface area contributed by atoms with Crippen molar-refractivity contribution in [2.75, 3.05) is 9.80 Å². The number of allylic oxidation sites excluding steroid dienone is 2. The average molecular weight is 889 g/mol. The van der Waals surface area contributed by atoms with Gasteiger partial charge >= 0.3 is 0 Å². The summed E-state index contributed by atoms with van der Waals surface area (Å²) >= 11 is 0. The molecule has 10 aromatic carbocycles. The van der Waals surface area contributed by atoms with Crippen LogP contribution in [0, 0.1) is 17.9 Å². The van der Waals surface area contributed by atoms with E-state index in [-0.39, 0.29) is 0 Å². The number of nitriles is 1. The molecule has 10 aromatic rings. The van der Waals surface area contributed by atoms with E-state index >= 15 is 0 Å². The van der Waals surface area contributed by atoms with Crippen LogP contribution in [0.1, 0.15) is 50.1 Å². The minimum atomic E-state index is -0.708. The Labute approximate surface area is 407 Å². The van der Waals surface area contributed by atoms with Gasteiger partial charge in [0.15, 0.2) is 5.69 Å². The summed E-state index contributed by atoms with van der Waals surface area (Å²) < 4.78 is 0. The van der Waals surface area contributed by atoms with Crippen LogP contribution >= 0.6 is 0 Å². The Bertz CT molecular complexity index is 3600. The van der Waals surface area contributed by atoms with Gasteiger partial charge in [0.05, 0.1) is 29.0 Å². The fourth-order valence-corrected chi connectivity index (χ4v) is 12.8. The van der Waals surface area contributed by atoms with Crippen molar-refractivity contribution in [2.45, 2.75) is 10.8 Å². The zero-order valence-electron chi connectivity index (χ0n) is 37.9. The lowest BCUT2D eigenvalue weighted by Crippen LogP contribution is -2.29. The number of nitrogens with zero attached hydrogens (tertiary/aromatic N) is 4. The van der Waals surface area contributed by atoms with Gasteiger partial charge in [-0.05, 0) is 157 Å². The molecule has 0 atom stereocenters. The van der Waals surface area contributed by atoms with Gasteiger partial charge in [-0.15, -0.1) is 0 Å². The average Bonchev–Trinajstić information content (AvgIpc) is 4.11.